The van der Waals surface area contributed by atoms with Gasteiger partial charge in [0.1, 0.15) is 22.8 Å². The zero-order valence-corrected chi connectivity index (χ0v) is 14.6. The molecule has 0 saturated heterocycles. The maximum Gasteiger partial charge on any atom is 0.257 e. The van der Waals surface area contributed by atoms with Gasteiger partial charge in [-0.2, -0.15) is 0 Å². The fraction of sp³-hybridized carbons (Fsp3) is 0.412. The van der Waals surface area contributed by atoms with Gasteiger partial charge < -0.3 is 9.84 Å². The van der Waals surface area contributed by atoms with Crippen molar-refractivity contribution in [2.45, 2.75) is 40.7 Å². The Morgan fingerprint density at radius 1 is 1.39 bits per heavy atom. The van der Waals surface area contributed by atoms with E-state index < -0.39 is 5.82 Å². The minimum Gasteiger partial charge on any atom is -0.360 e. The van der Waals surface area contributed by atoms with Crippen LogP contribution in [0, 0.1) is 18.2 Å². The highest BCUT2D eigenvalue weighted by Gasteiger charge is 2.28. The predicted octanol–water partition coefficient (Wildman–Crippen LogP) is 4.61. The Labute approximate surface area is 140 Å². The Bertz CT molecular complexity index is 714. The molecule has 1 amide bonds. The van der Waals surface area contributed by atoms with E-state index in [9.17, 15) is 9.18 Å². The molecule has 1 N–H and O–H groups in total. The van der Waals surface area contributed by atoms with Crippen LogP contribution in [0.15, 0.2) is 22.7 Å². The molecule has 1 atom stereocenters. The molecule has 0 fully saturated rings. The number of nitrogens with zero attached hydrogens (tertiary/aromatic N) is 1. The van der Waals surface area contributed by atoms with Crippen molar-refractivity contribution < 1.29 is 13.7 Å². The fourth-order valence-electron chi connectivity index (χ4n) is 2.02. The molecule has 23 heavy (non-hydrogen) atoms. The molecule has 0 bridgehead atoms. The predicted molar refractivity (Wildman–Crippen MR) is 88.0 cm³/mol. The summed E-state index contributed by atoms with van der Waals surface area (Å²) >= 11 is 6.07. The molecule has 0 aliphatic heterocycles. The highest BCUT2D eigenvalue weighted by molar-refractivity contribution is 6.33. The second kappa shape index (κ2) is 6.32. The summed E-state index contributed by atoms with van der Waals surface area (Å²) in [6.07, 6.45) is 0. The summed E-state index contributed by atoms with van der Waals surface area (Å²) in [6, 6.07) is 4.22. The van der Waals surface area contributed by atoms with Gasteiger partial charge in [-0.1, -0.05) is 43.6 Å². The number of halogens is 2. The average Bonchev–Trinajstić information content (AvgIpc) is 2.79. The molecule has 1 heterocycles. The van der Waals surface area contributed by atoms with Crippen molar-refractivity contribution >= 4 is 17.5 Å². The SMILES string of the molecule is Cc1onc(-c2c(F)cccc2Cl)c1C(=O)NC(C)C(C)(C)C. The van der Waals surface area contributed by atoms with Crippen LogP contribution in [0.3, 0.4) is 0 Å². The number of amides is 1. The van der Waals surface area contributed by atoms with Crippen LogP contribution >= 0.6 is 11.6 Å². The van der Waals surface area contributed by atoms with Crippen LogP contribution in [0.4, 0.5) is 4.39 Å². The van der Waals surface area contributed by atoms with Crippen LogP contribution in [0.25, 0.3) is 11.3 Å². The van der Waals surface area contributed by atoms with E-state index in [0.29, 0.717) is 5.76 Å². The van der Waals surface area contributed by atoms with Crippen molar-refractivity contribution in [3.8, 4) is 11.3 Å². The summed E-state index contributed by atoms with van der Waals surface area (Å²) in [4.78, 5) is 12.6. The number of carbonyl (C=O) groups excluding carboxylic acids is 1. The van der Waals surface area contributed by atoms with Crippen molar-refractivity contribution in [2.75, 3.05) is 0 Å². The Kier molecular flexibility index (Phi) is 4.80. The van der Waals surface area contributed by atoms with Crippen molar-refractivity contribution in [1.29, 1.82) is 0 Å². The third kappa shape index (κ3) is 3.55. The normalized spacial score (nSPS) is 13.0. The topological polar surface area (TPSA) is 55.1 Å². The van der Waals surface area contributed by atoms with E-state index in [1.165, 1.54) is 12.1 Å². The first-order valence-corrected chi connectivity index (χ1v) is 7.72. The number of rotatable bonds is 3. The van der Waals surface area contributed by atoms with Crippen LogP contribution < -0.4 is 5.32 Å². The van der Waals surface area contributed by atoms with E-state index in [1.54, 1.807) is 13.0 Å². The Hall–Kier alpha value is -1.88. The van der Waals surface area contributed by atoms with E-state index in [2.05, 4.69) is 10.5 Å². The molecule has 0 radical (unpaired) electrons. The van der Waals surface area contributed by atoms with E-state index in [1.807, 2.05) is 27.7 Å². The molecule has 0 spiro atoms. The van der Waals surface area contributed by atoms with Crippen LogP contribution in [-0.4, -0.2) is 17.1 Å². The molecule has 1 aromatic heterocycles. The molecule has 2 aromatic rings. The summed E-state index contributed by atoms with van der Waals surface area (Å²) in [6.45, 7) is 9.59. The maximum absolute atomic E-state index is 14.1. The third-order valence-electron chi connectivity index (χ3n) is 3.94. The molecule has 4 nitrogen and oxygen atoms in total. The zero-order valence-electron chi connectivity index (χ0n) is 13.8. The van der Waals surface area contributed by atoms with Gasteiger partial charge >= 0.3 is 0 Å². The number of benzene rings is 1. The molecular formula is C17H20ClFN2O2. The van der Waals surface area contributed by atoms with Gasteiger partial charge in [0.2, 0.25) is 0 Å². The van der Waals surface area contributed by atoms with Gasteiger partial charge in [-0.25, -0.2) is 4.39 Å². The lowest BCUT2D eigenvalue weighted by Crippen LogP contribution is -2.41. The summed E-state index contributed by atoms with van der Waals surface area (Å²) in [7, 11) is 0. The number of hydrogen-bond acceptors (Lipinski definition) is 3. The first kappa shape index (κ1) is 17.5. The highest BCUT2D eigenvalue weighted by atomic mass is 35.5. The fourth-order valence-corrected chi connectivity index (χ4v) is 2.27. The summed E-state index contributed by atoms with van der Waals surface area (Å²) in [5.74, 6) is -0.595. The van der Waals surface area contributed by atoms with Crippen LogP contribution in [-0.2, 0) is 0 Å². The first-order valence-electron chi connectivity index (χ1n) is 7.34. The van der Waals surface area contributed by atoms with Crippen molar-refractivity contribution in [1.82, 2.24) is 10.5 Å². The molecule has 0 saturated carbocycles. The second-order valence-corrected chi connectivity index (χ2v) is 7.03. The van der Waals surface area contributed by atoms with Gasteiger partial charge in [0.15, 0.2) is 0 Å². The van der Waals surface area contributed by atoms with Crippen molar-refractivity contribution in [2.24, 2.45) is 5.41 Å². The largest absolute Gasteiger partial charge is 0.360 e. The van der Waals surface area contributed by atoms with Crippen LogP contribution in [0.1, 0.15) is 43.8 Å². The van der Waals surface area contributed by atoms with E-state index in [0.717, 1.165) is 0 Å². The van der Waals surface area contributed by atoms with Crippen LogP contribution in [0.5, 0.6) is 0 Å². The number of nitrogens with one attached hydrogen (secondary N) is 1. The van der Waals surface area contributed by atoms with Gasteiger partial charge in [-0.05, 0) is 31.4 Å². The van der Waals surface area contributed by atoms with Crippen LogP contribution in [0.2, 0.25) is 5.02 Å². The van der Waals surface area contributed by atoms with E-state index >= 15 is 0 Å². The lowest BCUT2D eigenvalue weighted by Gasteiger charge is -2.28. The quantitative estimate of drug-likeness (QED) is 0.889. The number of aromatic nitrogens is 1. The smallest absolute Gasteiger partial charge is 0.257 e. The third-order valence-corrected chi connectivity index (χ3v) is 4.25. The molecule has 2 rings (SSSR count). The Balaban J connectivity index is 2.46. The van der Waals surface area contributed by atoms with Gasteiger partial charge in [0.25, 0.3) is 5.91 Å². The number of hydrogen-bond donors (Lipinski definition) is 1. The first-order chi connectivity index (χ1) is 10.6. The standard InChI is InChI=1S/C17H20ClFN2O2/c1-9-13(16(22)20-10(2)17(3,4)5)15(21-23-9)14-11(18)7-6-8-12(14)19/h6-8,10H,1-5H3,(H,20,22). The minimum absolute atomic E-state index is 0.0691. The van der Waals surface area contributed by atoms with E-state index in [4.69, 9.17) is 16.1 Å². The minimum atomic E-state index is -0.552. The molecule has 6 heteroatoms. The van der Waals surface area contributed by atoms with E-state index in [-0.39, 0.29) is 39.2 Å². The van der Waals surface area contributed by atoms with Crippen molar-refractivity contribution in [3.63, 3.8) is 0 Å². The monoisotopic (exact) mass is 338 g/mol. The summed E-state index contributed by atoms with van der Waals surface area (Å²) in [5, 5.41) is 6.92. The molecule has 0 aliphatic carbocycles. The molecule has 0 aliphatic rings. The van der Waals surface area contributed by atoms with Gasteiger partial charge in [0.05, 0.1) is 10.6 Å². The second-order valence-electron chi connectivity index (χ2n) is 6.62. The maximum atomic E-state index is 14.1. The van der Waals surface area contributed by atoms with Crippen molar-refractivity contribution in [3.05, 3.63) is 40.4 Å². The van der Waals surface area contributed by atoms with Gasteiger partial charge in [-0.15, -0.1) is 0 Å². The molecule has 124 valence electrons. The van der Waals surface area contributed by atoms with Gasteiger partial charge in [-0.3, -0.25) is 4.79 Å². The lowest BCUT2D eigenvalue weighted by atomic mass is 9.88. The average molecular weight is 339 g/mol. The molecule has 1 aromatic carbocycles. The van der Waals surface area contributed by atoms with Gasteiger partial charge in [0, 0.05) is 6.04 Å². The lowest BCUT2D eigenvalue weighted by molar-refractivity contribution is 0.0909. The summed E-state index contributed by atoms with van der Waals surface area (Å²) in [5.41, 5.74) is 0.271. The Morgan fingerprint density at radius 3 is 2.61 bits per heavy atom. The molecule has 1 unspecified atom stereocenters. The number of carbonyl (C=O) groups is 1. The Morgan fingerprint density at radius 2 is 2.04 bits per heavy atom. The summed E-state index contributed by atoms with van der Waals surface area (Å²) < 4.78 is 19.3. The highest BCUT2D eigenvalue weighted by Crippen LogP contribution is 2.33. The zero-order chi connectivity index (χ0) is 17.4. The molecular weight excluding hydrogens is 319 g/mol. The number of aryl methyl sites for hydroxylation is 1.